The van der Waals surface area contributed by atoms with Crippen molar-refractivity contribution < 1.29 is 0 Å². The fraction of sp³-hybridized carbons (Fsp3) is 0.571. The molecule has 0 aliphatic carbocycles. The quantitative estimate of drug-likeness (QED) is 0.737. The van der Waals surface area contributed by atoms with Gasteiger partial charge in [-0.25, -0.2) is 0 Å². The van der Waals surface area contributed by atoms with Crippen LogP contribution < -0.4 is 5.73 Å². The number of rotatable bonds is 7. The number of benzene rings is 1. The molecule has 0 heterocycles. The lowest BCUT2D eigenvalue weighted by Crippen LogP contribution is -2.17. The summed E-state index contributed by atoms with van der Waals surface area (Å²) in [5.74, 6) is 1.90. The van der Waals surface area contributed by atoms with Crippen LogP contribution in [0.15, 0.2) is 24.3 Å². The Bertz CT molecular complexity index is 299. The first-order chi connectivity index (χ1) is 7.76. The SMILES string of the molecule is CSCCCC(CN)Cc1cccc(C)c1. The van der Waals surface area contributed by atoms with Crippen molar-refractivity contribution in [3.8, 4) is 0 Å². The molecule has 1 atom stereocenters. The highest BCUT2D eigenvalue weighted by Crippen LogP contribution is 2.15. The number of aryl methyl sites for hydroxylation is 1. The standard InChI is InChI=1S/C14H23NS/c1-12-5-3-6-13(9-12)10-14(11-15)7-4-8-16-2/h3,5-6,9,14H,4,7-8,10-11,15H2,1-2H3. The van der Waals surface area contributed by atoms with E-state index in [0.717, 1.165) is 13.0 Å². The molecule has 0 aromatic heterocycles. The highest BCUT2D eigenvalue weighted by molar-refractivity contribution is 7.98. The van der Waals surface area contributed by atoms with Crippen molar-refractivity contribution in [1.29, 1.82) is 0 Å². The molecule has 2 heteroatoms. The smallest absolute Gasteiger partial charge is 0.00457 e. The van der Waals surface area contributed by atoms with Gasteiger partial charge in [-0.1, -0.05) is 29.8 Å². The van der Waals surface area contributed by atoms with E-state index < -0.39 is 0 Å². The van der Waals surface area contributed by atoms with E-state index >= 15 is 0 Å². The number of hydrogen-bond acceptors (Lipinski definition) is 2. The van der Waals surface area contributed by atoms with Gasteiger partial charge in [0.05, 0.1) is 0 Å². The molecule has 0 saturated heterocycles. The largest absolute Gasteiger partial charge is 0.330 e. The summed E-state index contributed by atoms with van der Waals surface area (Å²) in [6, 6.07) is 8.77. The first kappa shape index (κ1) is 13.6. The van der Waals surface area contributed by atoms with Crippen LogP contribution in [0.3, 0.4) is 0 Å². The Morgan fingerprint density at radius 1 is 1.38 bits per heavy atom. The molecular weight excluding hydrogens is 214 g/mol. The summed E-state index contributed by atoms with van der Waals surface area (Å²) < 4.78 is 0. The molecule has 2 N–H and O–H groups in total. The maximum absolute atomic E-state index is 5.83. The molecule has 1 rings (SSSR count). The van der Waals surface area contributed by atoms with E-state index in [9.17, 15) is 0 Å². The zero-order chi connectivity index (χ0) is 11.8. The van der Waals surface area contributed by atoms with Crippen molar-refractivity contribution in [2.45, 2.75) is 26.2 Å². The first-order valence-electron chi connectivity index (χ1n) is 6.00. The van der Waals surface area contributed by atoms with Crippen molar-refractivity contribution in [3.05, 3.63) is 35.4 Å². The summed E-state index contributed by atoms with van der Waals surface area (Å²) >= 11 is 1.92. The monoisotopic (exact) mass is 237 g/mol. The second-order valence-corrected chi connectivity index (χ2v) is 5.42. The third-order valence-corrected chi connectivity index (χ3v) is 3.60. The fourth-order valence-electron chi connectivity index (χ4n) is 1.99. The Morgan fingerprint density at radius 2 is 2.19 bits per heavy atom. The summed E-state index contributed by atoms with van der Waals surface area (Å²) in [5, 5.41) is 0. The summed E-state index contributed by atoms with van der Waals surface area (Å²) in [7, 11) is 0. The Morgan fingerprint density at radius 3 is 2.81 bits per heavy atom. The number of hydrogen-bond donors (Lipinski definition) is 1. The van der Waals surface area contributed by atoms with Gasteiger partial charge in [0.15, 0.2) is 0 Å². The van der Waals surface area contributed by atoms with Crippen molar-refractivity contribution in [3.63, 3.8) is 0 Å². The van der Waals surface area contributed by atoms with E-state index in [1.165, 1.54) is 29.7 Å². The van der Waals surface area contributed by atoms with Crippen LogP contribution in [0.25, 0.3) is 0 Å². The molecule has 1 aromatic carbocycles. The zero-order valence-corrected chi connectivity index (χ0v) is 11.2. The Hall–Kier alpha value is -0.470. The maximum atomic E-state index is 5.83. The molecule has 0 aliphatic heterocycles. The van der Waals surface area contributed by atoms with Crippen LogP contribution in [-0.4, -0.2) is 18.6 Å². The number of nitrogens with two attached hydrogens (primary N) is 1. The van der Waals surface area contributed by atoms with Gasteiger partial charge in [-0.15, -0.1) is 0 Å². The normalized spacial score (nSPS) is 12.7. The van der Waals surface area contributed by atoms with Crippen LogP contribution in [0.5, 0.6) is 0 Å². The van der Waals surface area contributed by atoms with E-state index in [1.807, 2.05) is 11.8 Å². The summed E-state index contributed by atoms with van der Waals surface area (Å²) in [6.45, 7) is 2.96. The third-order valence-electron chi connectivity index (χ3n) is 2.90. The van der Waals surface area contributed by atoms with Crippen LogP contribution in [0.4, 0.5) is 0 Å². The highest BCUT2D eigenvalue weighted by atomic mass is 32.2. The van der Waals surface area contributed by atoms with Crippen molar-refractivity contribution in [2.24, 2.45) is 11.7 Å². The minimum Gasteiger partial charge on any atom is -0.330 e. The second-order valence-electron chi connectivity index (χ2n) is 4.43. The lowest BCUT2D eigenvalue weighted by atomic mass is 9.94. The fourth-order valence-corrected chi connectivity index (χ4v) is 2.45. The minimum absolute atomic E-state index is 0.647. The van der Waals surface area contributed by atoms with Gasteiger partial charge in [-0.2, -0.15) is 11.8 Å². The van der Waals surface area contributed by atoms with Crippen LogP contribution in [0, 0.1) is 12.8 Å². The van der Waals surface area contributed by atoms with Gasteiger partial charge in [0.2, 0.25) is 0 Å². The van der Waals surface area contributed by atoms with Gasteiger partial charge in [-0.05, 0) is 56.2 Å². The van der Waals surface area contributed by atoms with E-state index in [4.69, 9.17) is 5.73 Å². The predicted molar refractivity (Wildman–Crippen MR) is 75.0 cm³/mol. The van der Waals surface area contributed by atoms with Gasteiger partial charge in [0.1, 0.15) is 0 Å². The van der Waals surface area contributed by atoms with Crippen molar-refractivity contribution >= 4 is 11.8 Å². The van der Waals surface area contributed by atoms with Gasteiger partial charge in [0.25, 0.3) is 0 Å². The molecular formula is C14H23NS. The first-order valence-corrected chi connectivity index (χ1v) is 7.40. The van der Waals surface area contributed by atoms with Crippen molar-refractivity contribution in [1.82, 2.24) is 0 Å². The third kappa shape index (κ3) is 5.04. The molecule has 0 radical (unpaired) electrons. The molecule has 1 aromatic rings. The Balaban J connectivity index is 2.43. The van der Waals surface area contributed by atoms with Crippen LogP contribution in [0.2, 0.25) is 0 Å². The molecule has 1 unspecified atom stereocenters. The van der Waals surface area contributed by atoms with E-state index in [-0.39, 0.29) is 0 Å². The topological polar surface area (TPSA) is 26.0 Å². The molecule has 0 spiro atoms. The van der Waals surface area contributed by atoms with Crippen LogP contribution >= 0.6 is 11.8 Å². The van der Waals surface area contributed by atoms with Crippen LogP contribution in [-0.2, 0) is 6.42 Å². The molecule has 1 nitrogen and oxygen atoms in total. The van der Waals surface area contributed by atoms with Gasteiger partial charge in [0, 0.05) is 0 Å². The van der Waals surface area contributed by atoms with Gasteiger partial charge >= 0.3 is 0 Å². The molecule has 0 amide bonds. The van der Waals surface area contributed by atoms with E-state index in [1.54, 1.807) is 0 Å². The van der Waals surface area contributed by atoms with Crippen LogP contribution in [0.1, 0.15) is 24.0 Å². The highest BCUT2D eigenvalue weighted by Gasteiger charge is 2.07. The van der Waals surface area contributed by atoms with E-state index in [0.29, 0.717) is 5.92 Å². The average molecular weight is 237 g/mol. The lowest BCUT2D eigenvalue weighted by Gasteiger charge is -2.14. The predicted octanol–water partition coefficient (Wildman–Crippen LogP) is 3.26. The Kier molecular flexibility index (Phi) is 6.58. The molecule has 90 valence electrons. The summed E-state index contributed by atoms with van der Waals surface area (Å²) in [6.07, 6.45) is 5.84. The molecule has 0 saturated carbocycles. The molecule has 16 heavy (non-hydrogen) atoms. The maximum Gasteiger partial charge on any atom is -0.00457 e. The molecule has 0 bridgehead atoms. The molecule has 0 aliphatic rings. The van der Waals surface area contributed by atoms with Gasteiger partial charge < -0.3 is 5.73 Å². The minimum atomic E-state index is 0.647. The Labute approximate surface area is 104 Å². The van der Waals surface area contributed by atoms with Gasteiger partial charge in [-0.3, -0.25) is 0 Å². The number of thioether (sulfide) groups is 1. The second kappa shape index (κ2) is 7.75. The van der Waals surface area contributed by atoms with E-state index in [2.05, 4.69) is 37.4 Å². The molecule has 0 fully saturated rings. The average Bonchev–Trinajstić information content (AvgIpc) is 2.28. The summed E-state index contributed by atoms with van der Waals surface area (Å²) in [5.41, 5.74) is 8.61. The van der Waals surface area contributed by atoms with Crippen molar-refractivity contribution in [2.75, 3.05) is 18.6 Å². The lowest BCUT2D eigenvalue weighted by molar-refractivity contribution is 0.489. The summed E-state index contributed by atoms with van der Waals surface area (Å²) in [4.78, 5) is 0. The zero-order valence-electron chi connectivity index (χ0n) is 10.4.